The summed E-state index contributed by atoms with van der Waals surface area (Å²) in [6.07, 6.45) is 0. The minimum Gasteiger partial charge on any atom is -0.292 e. The van der Waals surface area contributed by atoms with Gasteiger partial charge < -0.3 is 0 Å². The number of nitrogens with zero attached hydrogens (tertiary/aromatic N) is 3. The van der Waals surface area contributed by atoms with Gasteiger partial charge in [0.15, 0.2) is 5.82 Å². The number of aromatic nitrogens is 3. The maximum atomic E-state index is 5.59. The lowest BCUT2D eigenvalue weighted by molar-refractivity contribution is 0.635. The molecule has 0 saturated carbocycles. The van der Waals surface area contributed by atoms with E-state index in [0.29, 0.717) is 0 Å². The first-order valence-corrected chi connectivity index (χ1v) is 15.2. The Balaban J connectivity index is 1.41. The molecule has 208 valence electrons. The van der Waals surface area contributed by atoms with Crippen LogP contribution in [0, 0.1) is 0 Å². The van der Waals surface area contributed by atoms with E-state index < -0.39 is 0 Å². The summed E-state index contributed by atoms with van der Waals surface area (Å²) in [5.41, 5.74) is 10.7. The number of fused-ring (bicyclic) bond motifs is 7. The van der Waals surface area contributed by atoms with Crippen molar-refractivity contribution in [3.05, 3.63) is 151 Å². The first kappa shape index (κ1) is 25.0. The summed E-state index contributed by atoms with van der Waals surface area (Å²) in [6, 6.07) is 49.8. The molecule has 0 saturated heterocycles. The molecular weight excluding hydrogens is 534 g/mol. The molecule has 0 fully saturated rings. The highest BCUT2D eigenvalue weighted by Gasteiger charge is 2.39. The van der Waals surface area contributed by atoms with E-state index in [9.17, 15) is 0 Å². The van der Waals surface area contributed by atoms with Gasteiger partial charge in [-0.2, -0.15) is 0 Å². The molecule has 1 aliphatic carbocycles. The van der Waals surface area contributed by atoms with Gasteiger partial charge in [0.2, 0.25) is 0 Å². The molecule has 8 aromatic rings. The molecule has 9 rings (SSSR count). The quantitative estimate of drug-likeness (QED) is 0.214. The zero-order valence-electron chi connectivity index (χ0n) is 24.6. The summed E-state index contributed by atoms with van der Waals surface area (Å²) in [4.78, 5) is 11.2. The van der Waals surface area contributed by atoms with Crippen molar-refractivity contribution >= 4 is 32.6 Å². The fourth-order valence-electron chi connectivity index (χ4n) is 7.12. The van der Waals surface area contributed by atoms with Crippen molar-refractivity contribution in [1.29, 1.82) is 0 Å². The van der Waals surface area contributed by atoms with Gasteiger partial charge in [0, 0.05) is 27.3 Å². The van der Waals surface area contributed by atoms with Crippen LogP contribution in [0.2, 0.25) is 0 Å². The van der Waals surface area contributed by atoms with Crippen molar-refractivity contribution in [2.45, 2.75) is 19.3 Å². The van der Waals surface area contributed by atoms with Gasteiger partial charge in [-0.05, 0) is 51.7 Å². The van der Waals surface area contributed by atoms with E-state index in [4.69, 9.17) is 9.97 Å². The van der Waals surface area contributed by atoms with Gasteiger partial charge in [-0.3, -0.25) is 4.57 Å². The average molecular weight is 564 g/mol. The van der Waals surface area contributed by atoms with Crippen LogP contribution in [-0.2, 0) is 5.41 Å². The molecule has 3 heteroatoms. The van der Waals surface area contributed by atoms with Gasteiger partial charge >= 0.3 is 0 Å². The fraction of sp³-hybridized carbons (Fsp3) is 0.0732. The highest BCUT2D eigenvalue weighted by atomic mass is 15.1. The summed E-state index contributed by atoms with van der Waals surface area (Å²) in [6.45, 7) is 4.53. The van der Waals surface area contributed by atoms with Gasteiger partial charge in [0.05, 0.1) is 22.4 Å². The number of para-hydroxylation sites is 1. The van der Waals surface area contributed by atoms with Gasteiger partial charge in [-0.1, -0.05) is 129 Å². The van der Waals surface area contributed by atoms with Crippen LogP contribution in [-0.4, -0.2) is 14.5 Å². The van der Waals surface area contributed by atoms with E-state index in [1.54, 1.807) is 0 Å². The third kappa shape index (κ3) is 3.56. The number of hydrogen-bond donors (Lipinski definition) is 0. The predicted octanol–water partition coefficient (Wildman–Crippen LogP) is 10.4. The van der Waals surface area contributed by atoms with Crippen molar-refractivity contribution in [1.82, 2.24) is 14.5 Å². The van der Waals surface area contributed by atoms with E-state index in [0.717, 1.165) is 50.6 Å². The van der Waals surface area contributed by atoms with Crippen molar-refractivity contribution in [3.63, 3.8) is 0 Å². The normalized spacial score (nSPS) is 13.4. The average Bonchev–Trinajstić information content (AvgIpc) is 3.51. The van der Waals surface area contributed by atoms with E-state index in [1.807, 2.05) is 0 Å². The van der Waals surface area contributed by atoms with Crippen molar-refractivity contribution in [3.8, 4) is 39.5 Å². The summed E-state index contributed by atoms with van der Waals surface area (Å²) < 4.78 is 2.34. The Kier molecular flexibility index (Phi) is 5.24. The van der Waals surface area contributed by atoms with Crippen LogP contribution in [0.25, 0.3) is 72.0 Å². The van der Waals surface area contributed by atoms with E-state index >= 15 is 0 Å². The van der Waals surface area contributed by atoms with E-state index in [1.165, 1.54) is 32.7 Å². The molecular formula is C41H29N3. The largest absolute Gasteiger partial charge is 0.292 e. The molecule has 0 amide bonds. The molecule has 0 bridgehead atoms. The maximum absolute atomic E-state index is 5.59. The van der Waals surface area contributed by atoms with E-state index in [-0.39, 0.29) is 5.41 Å². The Morgan fingerprint density at radius 1 is 0.500 bits per heavy atom. The summed E-state index contributed by atoms with van der Waals surface area (Å²) >= 11 is 0. The van der Waals surface area contributed by atoms with Crippen LogP contribution in [0.5, 0.6) is 0 Å². The summed E-state index contributed by atoms with van der Waals surface area (Å²) in [5.74, 6) is 0.850. The molecule has 0 aliphatic heterocycles. The van der Waals surface area contributed by atoms with Crippen molar-refractivity contribution in [2.75, 3.05) is 0 Å². The lowest BCUT2D eigenvalue weighted by atomic mass is 9.85. The Labute approximate surface area is 256 Å². The monoisotopic (exact) mass is 563 g/mol. The lowest BCUT2D eigenvalue weighted by Crippen LogP contribution is -2.18. The molecule has 0 radical (unpaired) electrons. The second-order valence-electron chi connectivity index (χ2n) is 12.3. The maximum Gasteiger partial charge on any atom is 0.165 e. The topological polar surface area (TPSA) is 30.7 Å². The highest BCUT2D eigenvalue weighted by Crippen LogP contribution is 2.48. The zero-order chi connectivity index (χ0) is 29.4. The van der Waals surface area contributed by atoms with Crippen LogP contribution in [0.15, 0.2) is 140 Å². The van der Waals surface area contributed by atoms with Crippen molar-refractivity contribution in [2.24, 2.45) is 0 Å². The molecule has 0 unspecified atom stereocenters. The third-order valence-corrected chi connectivity index (χ3v) is 9.32. The van der Waals surface area contributed by atoms with Crippen LogP contribution in [0.3, 0.4) is 0 Å². The SMILES string of the molecule is CC1(C)c2ccccc2-c2nc(-n3c4ccccc4c4cc5ccccc5cc43)c(-c3cccc(-c4ccccc4)c3)nc21. The fourth-order valence-corrected chi connectivity index (χ4v) is 7.12. The van der Waals surface area contributed by atoms with E-state index in [2.05, 4.69) is 158 Å². The number of hydrogen-bond acceptors (Lipinski definition) is 2. The number of benzene rings is 6. The Hall–Kier alpha value is -5.54. The van der Waals surface area contributed by atoms with Gasteiger partial charge in [0.25, 0.3) is 0 Å². The molecule has 3 nitrogen and oxygen atoms in total. The minimum atomic E-state index is -0.264. The standard InChI is InChI=1S/C41H29N3/c1-41(2)34-21-10-8-20-32(34)38-39(41)42-37(30-18-12-17-27(23-30)26-13-4-3-5-14-26)40(43-38)44-35-22-11-9-19-31(35)33-24-28-15-6-7-16-29(28)25-36(33)44/h3-25H,1-2H3. The van der Waals surface area contributed by atoms with Crippen LogP contribution in [0.1, 0.15) is 25.1 Å². The molecule has 0 N–H and O–H groups in total. The zero-order valence-corrected chi connectivity index (χ0v) is 24.6. The predicted molar refractivity (Wildman–Crippen MR) is 182 cm³/mol. The third-order valence-electron chi connectivity index (χ3n) is 9.32. The summed E-state index contributed by atoms with van der Waals surface area (Å²) in [7, 11) is 0. The second-order valence-corrected chi connectivity index (χ2v) is 12.3. The van der Waals surface area contributed by atoms with Crippen LogP contribution >= 0.6 is 0 Å². The second kappa shape index (κ2) is 9.23. The minimum absolute atomic E-state index is 0.264. The van der Waals surface area contributed by atoms with Gasteiger partial charge in [-0.25, -0.2) is 9.97 Å². The first-order valence-electron chi connectivity index (χ1n) is 15.2. The smallest absolute Gasteiger partial charge is 0.165 e. The lowest BCUT2D eigenvalue weighted by Gasteiger charge is -2.21. The van der Waals surface area contributed by atoms with Gasteiger partial charge in [-0.15, -0.1) is 0 Å². The Morgan fingerprint density at radius 2 is 1.18 bits per heavy atom. The molecule has 1 aliphatic rings. The molecule has 2 heterocycles. The Morgan fingerprint density at radius 3 is 2.05 bits per heavy atom. The first-order chi connectivity index (χ1) is 21.6. The highest BCUT2D eigenvalue weighted by molar-refractivity contribution is 6.13. The van der Waals surface area contributed by atoms with Crippen molar-refractivity contribution < 1.29 is 0 Å². The molecule has 0 atom stereocenters. The Bertz CT molecular complexity index is 2410. The van der Waals surface area contributed by atoms with Crippen LogP contribution < -0.4 is 0 Å². The number of rotatable bonds is 3. The summed E-state index contributed by atoms with van der Waals surface area (Å²) in [5, 5.41) is 4.86. The molecule has 0 spiro atoms. The molecule has 6 aromatic carbocycles. The molecule has 44 heavy (non-hydrogen) atoms. The van der Waals surface area contributed by atoms with Crippen LogP contribution in [0.4, 0.5) is 0 Å². The molecule has 2 aromatic heterocycles. The van der Waals surface area contributed by atoms with Gasteiger partial charge in [0.1, 0.15) is 5.69 Å².